The molecule has 2 N–H and O–H groups in total. The number of halogens is 1. The summed E-state index contributed by atoms with van der Waals surface area (Å²) in [7, 11) is -1.02. The highest BCUT2D eigenvalue weighted by Crippen LogP contribution is 2.21. The summed E-state index contributed by atoms with van der Waals surface area (Å²) in [4.78, 5) is 44.3. The van der Waals surface area contributed by atoms with Gasteiger partial charge in [0.05, 0.1) is 17.5 Å². The third-order valence-electron chi connectivity index (χ3n) is 7.43. The third kappa shape index (κ3) is 9.53. The Labute approximate surface area is 246 Å². The molecule has 3 amide bonds. The summed E-state index contributed by atoms with van der Waals surface area (Å²) in [5.74, 6) is -0.114. The molecule has 2 aromatic carbocycles. The second-order valence-corrected chi connectivity index (χ2v) is 13.5. The molecular weight excluding hydrogens is 566 g/mol. The van der Waals surface area contributed by atoms with Gasteiger partial charge < -0.3 is 25.3 Å². The Morgan fingerprint density at radius 1 is 1.00 bits per heavy atom. The minimum absolute atomic E-state index is 0.0566. The van der Waals surface area contributed by atoms with E-state index in [-0.39, 0.29) is 35.6 Å². The van der Waals surface area contributed by atoms with E-state index < -0.39 is 15.9 Å². The molecular formula is C29H38ClN5O5S. The van der Waals surface area contributed by atoms with Crippen molar-refractivity contribution in [1.82, 2.24) is 15.1 Å². The van der Waals surface area contributed by atoms with E-state index in [1.807, 2.05) is 11.9 Å². The molecule has 41 heavy (non-hydrogen) atoms. The Morgan fingerprint density at radius 3 is 2.34 bits per heavy atom. The number of carbonyl (C=O) groups is 3. The van der Waals surface area contributed by atoms with Crippen molar-refractivity contribution in [2.45, 2.75) is 31.7 Å². The van der Waals surface area contributed by atoms with E-state index in [1.165, 1.54) is 0 Å². The fraction of sp³-hybridized carbons (Fsp3) is 0.483. The van der Waals surface area contributed by atoms with Crippen LogP contribution < -0.4 is 15.5 Å². The number of rotatable bonds is 11. The summed E-state index contributed by atoms with van der Waals surface area (Å²) in [5, 5.41) is 6.43. The number of amides is 3. The molecule has 4 rings (SSSR count). The second-order valence-electron chi connectivity index (χ2n) is 10.7. The number of likely N-dealkylation sites (N-methyl/N-ethyl adjacent to an activating group) is 1. The lowest BCUT2D eigenvalue weighted by Crippen LogP contribution is -2.47. The molecule has 2 heterocycles. The first kappa shape index (κ1) is 31.0. The van der Waals surface area contributed by atoms with Crippen molar-refractivity contribution in [3.63, 3.8) is 0 Å². The summed E-state index contributed by atoms with van der Waals surface area (Å²) in [6.07, 6.45) is 2.45. The first-order chi connectivity index (χ1) is 19.6. The normalized spacial score (nSPS) is 18.2. The fourth-order valence-corrected chi connectivity index (χ4v) is 6.43. The van der Waals surface area contributed by atoms with Gasteiger partial charge in [0.1, 0.15) is 0 Å². The van der Waals surface area contributed by atoms with Gasteiger partial charge in [-0.15, -0.1) is 0 Å². The topological polar surface area (TPSA) is 119 Å². The molecule has 12 heteroatoms. The Kier molecular flexibility index (Phi) is 10.8. The number of hydrogen-bond donors (Lipinski definition) is 2. The van der Waals surface area contributed by atoms with Crippen LogP contribution in [0.15, 0.2) is 48.5 Å². The van der Waals surface area contributed by atoms with Crippen LogP contribution in [-0.2, 0) is 19.4 Å². The number of anilines is 2. The van der Waals surface area contributed by atoms with Crippen LogP contribution in [0.2, 0.25) is 5.02 Å². The Hall–Kier alpha value is -2.99. The van der Waals surface area contributed by atoms with Crippen LogP contribution in [-0.4, -0.2) is 99.8 Å². The van der Waals surface area contributed by atoms with Crippen LogP contribution in [0.4, 0.5) is 11.4 Å². The van der Waals surface area contributed by atoms with Crippen LogP contribution >= 0.6 is 11.6 Å². The summed E-state index contributed by atoms with van der Waals surface area (Å²) < 4.78 is 23.4. The van der Waals surface area contributed by atoms with Crippen molar-refractivity contribution in [2.75, 3.05) is 68.0 Å². The Balaban J connectivity index is 1.37. The summed E-state index contributed by atoms with van der Waals surface area (Å²) in [6, 6.07) is 13.3. The van der Waals surface area contributed by atoms with E-state index >= 15 is 0 Å². The van der Waals surface area contributed by atoms with Gasteiger partial charge in [-0.25, -0.2) is 8.42 Å². The molecule has 1 atom stereocenters. The van der Waals surface area contributed by atoms with Crippen LogP contribution in [0, 0.1) is 0 Å². The molecule has 0 bridgehead atoms. The highest BCUT2D eigenvalue weighted by atomic mass is 35.5. The molecule has 222 valence electrons. The van der Waals surface area contributed by atoms with Crippen molar-refractivity contribution < 1.29 is 22.8 Å². The largest absolute Gasteiger partial charge is 0.347 e. The van der Waals surface area contributed by atoms with Crippen molar-refractivity contribution >= 4 is 50.5 Å². The summed E-state index contributed by atoms with van der Waals surface area (Å²) >= 11 is 5.95. The van der Waals surface area contributed by atoms with Gasteiger partial charge in [-0.05, 0) is 68.4 Å². The maximum Gasteiger partial charge on any atom is 0.251 e. The lowest BCUT2D eigenvalue weighted by atomic mass is 10.1. The molecule has 2 aromatic rings. The molecule has 0 aliphatic carbocycles. The Bertz CT molecular complexity index is 1310. The Morgan fingerprint density at radius 2 is 1.68 bits per heavy atom. The van der Waals surface area contributed by atoms with E-state index in [2.05, 4.69) is 15.5 Å². The van der Waals surface area contributed by atoms with Crippen molar-refractivity contribution in [1.29, 1.82) is 0 Å². The first-order valence-electron chi connectivity index (χ1n) is 14.0. The molecule has 0 aromatic heterocycles. The number of nitrogens with one attached hydrogen (secondary N) is 2. The molecule has 0 radical (unpaired) electrons. The van der Waals surface area contributed by atoms with E-state index in [9.17, 15) is 22.8 Å². The van der Waals surface area contributed by atoms with Gasteiger partial charge in [0.15, 0.2) is 9.84 Å². The number of benzene rings is 2. The van der Waals surface area contributed by atoms with Gasteiger partial charge in [0, 0.05) is 74.1 Å². The van der Waals surface area contributed by atoms with Crippen LogP contribution in [0.3, 0.4) is 0 Å². The molecule has 2 fully saturated rings. The second kappa shape index (κ2) is 14.3. The fourth-order valence-electron chi connectivity index (χ4n) is 5.02. The zero-order valence-electron chi connectivity index (χ0n) is 23.4. The number of hydrogen-bond acceptors (Lipinski definition) is 7. The van der Waals surface area contributed by atoms with Gasteiger partial charge in [-0.1, -0.05) is 11.6 Å². The number of sulfone groups is 1. The minimum Gasteiger partial charge on any atom is -0.347 e. The van der Waals surface area contributed by atoms with Gasteiger partial charge >= 0.3 is 0 Å². The summed E-state index contributed by atoms with van der Waals surface area (Å²) in [6.45, 7) is 3.48. The number of nitrogens with zero attached hydrogens (tertiary/aromatic N) is 3. The number of piperidine rings is 1. The quantitative estimate of drug-likeness (QED) is 0.405. The van der Waals surface area contributed by atoms with E-state index in [1.54, 1.807) is 53.4 Å². The predicted octanol–water partition coefficient (Wildman–Crippen LogP) is 2.65. The van der Waals surface area contributed by atoms with E-state index in [4.69, 9.17) is 11.6 Å². The SMILES string of the molecule is CN(CCN1CCS(=O)(=O)CC1)CC(CC(=O)Nc1ccc(Cl)cc1)NC(=O)c1ccc(N2CCCCC2=O)cc1. The maximum absolute atomic E-state index is 13.2. The molecule has 0 spiro atoms. The molecule has 2 aliphatic heterocycles. The van der Waals surface area contributed by atoms with Crippen molar-refractivity contribution in [3.8, 4) is 0 Å². The van der Waals surface area contributed by atoms with Gasteiger partial charge in [0.2, 0.25) is 11.8 Å². The highest BCUT2D eigenvalue weighted by Gasteiger charge is 2.24. The molecule has 10 nitrogen and oxygen atoms in total. The smallest absolute Gasteiger partial charge is 0.251 e. The lowest BCUT2D eigenvalue weighted by molar-refractivity contribution is -0.119. The molecule has 2 saturated heterocycles. The first-order valence-corrected chi connectivity index (χ1v) is 16.2. The predicted molar refractivity (Wildman–Crippen MR) is 161 cm³/mol. The van der Waals surface area contributed by atoms with Crippen LogP contribution in [0.25, 0.3) is 0 Å². The summed E-state index contributed by atoms with van der Waals surface area (Å²) in [5.41, 5.74) is 1.83. The monoisotopic (exact) mass is 603 g/mol. The molecule has 1 unspecified atom stereocenters. The van der Waals surface area contributed by atoms with Gasteiger partial charge in [-0.2, -0.15) is 0 Å². The van der Waals surface area contributed by atoms with Crippen LogP contribution in [0.1, 0.15) is 36.0 Å². The maximum atomic E-state index is 13.2. The van der Waals surface area contributed by atoms with Crippen LogP contribution in [0.5, 0.6) is 0 Å². The number of carbonyl (C=O) groups excluding carboxylic acids is 3. The van der Waals surface area contributed by atoms with Crippen molar-refractivity contribution in [2.24, 2.45) is 0 Å². The standard InChI is InChI=1S/C29H38ClN5O5S/c1-33(14-15-34-16-18-41(39,40)19-17-34)21-25(20-27(36)31-24-9-7-23(30)8-10-24)32-29(38)22-5-11-26(12-6-22)35-13-3-2-4-28(35)37/h5-12,25H,2-4,13-21H2,1H3,(H,31,36)(H,32,38). The van der Waals surface area contributed by atoms with E-state index in [0.29, 0.717) is 62.0 Å². The minimum atomic E-state index is -2.94. The molecule has 2 aliphatic rings. The highest BCUT2D eigenvalue weighted by molar-refractivity contribution is 7.91. The van der Waals surface area contributed by atoms with E-state index in [0.717, 1.165) is 18.5 Å². The average molecular weight is 604 g/mol. The average Bonchev–Trinajstić information content (AvgIpc) is 2.94. The lowest BCUT2D eigenvalue weighted by Gasteiger charge is -2.30. The van der Waals surface area contributed by atoms with Crippen molar-refractivity contribution in [3.05, 3.63) is 59.1 Å². The molecule has 0 saturated carbocycles. The zero-order valence-corrected chi connectivity index (χ0v) is 24.9. The third-order valence-corrected chi connectivity index (χ3v) is 9.29. The van der Waals surface area contributed by atoms with Gasteiger partial charge in [0.25, 0.3) is 5.91 Å². The zero-order chi connectivity index (χ0) is 29.4. The van der Waals surface area contributed by atoms with Gasteiger partial charge in [-0.3, -0.25) is 14.4 Å².